The van der Waals surface area contributed by atoms with Crippen molar-refractivity contribution in [1.29, 1.82) is 0 Å². The number of hydrogen-bond donors (Lipinski definition) is 2. The highest BCUT2D eigenvalue weighted by atomic mass is 19.1. The van der Waals surface area contributed by atoms with Crippen molar-refractivity contribution in [2.75, 3.05) is 18.4 Å². The second-order valence-electron chi connectivity index (χ2n) is 5.22. The van der Waals surface area contributed by atoms with Crippen molar-refractivity contribution in [2.45, 2.75) is 26.2 Å². The summed E-state index contributed by atoms with van der Waals surface area (Å²) in [6.07, 6.45) is 2.66. The average Bonchev–Trinajstić information content (AvgIpc) is 2.48. The molecule has 5 heteroatoms. The van der Waals surface area contributed by atoms with Gasteiger partial charge >= 0.3 is 0 Å². The molecule has 0 aliphatic heterocycles. The molecule has 0 radical (unpaired) electrons. The summed E-state index contributed by atoms with van der Waals surface area (Å²) in [5.41, 5.74) is 8.02. The normalized spacial score (nSPS) is 10.9. The fourth-order valence-electron chi connectivity index (χ4n) is 1.96. The largest absolute Gasteiger partial charge is 0.382 e. The molecule has 0 saturated heterocycles. The van der Waals surface area contributed by atoms with Gasteiger partial charge in [0.05, 0.1) is 17.6 Å². The topological polar surface area (TPSA) is 63.8 Å². The van der Waals surface area contributed by atoms with Gasteiger partial charge in [0.25, 0.3) is 0 Å². The van der Waals surface area contributed by atoms with Gasteiger partial charge in [-0.25, -0.2) is 14.4 Å². The highest BCUT2D eigenvalue weighted by Crippen LogP contribution is 2.27. The molecular weight excluding hydrogens is 267 g/mol. The highest BCUT2D eigenvalue weighted by molar-refractivity contribution is 5.73. The SMILES string of the molecule is CC(C)c1ncc(NCCCN)c(-c2ccc(F)cc2)n1. The molecule has 2 rings (SSSR count). The van der Waals surface area contributed by atoms with E-state index in [0.717, 1.165) is 35.7 Å². The Balaban J connectivity index is 2.37. The number of nitrogens with two attached hydrogens (primary N) is 1. The summed E-state index contributed by atoms with van der Waals surface area (Å²) >= 11 is 0. The van der Waals surface area contributed by atoms with Crippen molar-refractivity contribution in [3.05, 3.63) is 42.1 Å². The van der Waals surface area contributed by atoms with E-state index in [-0.39, 0.29) is 11.7 Å². The first-order valence-electron chi connectivity index (χ1n) is 7.18. The Morgan fingerprint density at radius 1 is 1.24 bits per heavy atom. The van der Waals surface area contributed by atoms with E-state index in [2.05, 4.69) is 15.3 Å². The van der Waals surface area contributed by atoms with Gasteiger partial charge in [-0.05, 0) is 37.2 Å². The maximum absolute atomic E-state index is 13.1. The molecule has 0 bridgehead atoms. The van der Waals surface area contributed by atoms with Gasteiger partial charge in [0.15, 0.2) is 0 Å². The summed E-state index contributed by atoms with van der Waals surface area (Å²) in [4.78, 5) is 9.01. The predicted molar refractivity (Wildman–Crippen MR) is 83.7 cm³/mol. The summed E-state index contributed by atoms with van der Waals surface area (Å²) < 4.78 is 13.1. The van der Waals surface area contributed by atoms with Crippen LogP contribution in [0.15, 0.2) is 30.5 Å². The minimum atomic E-state index is -0.255. The minimum Gasteiger partial charge on any atom is -0.382 e. The predicted octanol–water partition coefficient (Wildman–Crippen LogP) is 3.17. The van der Waals surface area contributed by atoms with Gasteiger partial charge in [-0.1, -0.05) is 13.8 Å². The van der Waals surface area contributed by atoms with Gasteiger partial charge in [-0.2, -0.15) is 0 Å². The van der Waals surface area contributed by atoms with Crippen molar-refractivity contribution < 1.29 is 4.39 Å². The van der Waals surface area contributed by atoms with Crippen LogP contribution in [0.4, 0.5) is 10.1 Å². The molecule has 0 fully saturated rings. The number of halogens is 1. The van der Waals surface area contributed by atoms with Gasteiger partial charge in [0.1, 0.15) is 11.6 Å². The number of nitrogens with zero attached hydrogens (tertiary/aromatic N) is 2. The van der Waals surface area contributed by atoms with E-state index in [1.165, 1.54) is 12.1 Å². The molecule has 1 aromatic heterocycles. The van der Waals surface area contributed by atoms with Crippen molar-refractivity contribution in [3.8, 4) is 11.3 Å². The Morgan fingerprint density at radius 3 is 2.57 bits per heavy atom. The smallest absolute Gasteiger partial charge is 0.131 e. The minimum absolute atomic E-state index is 0.238. The van der Waals surface area contributed by atoms with E-state index in [0.29, 0.717) is 6.54 Å². The summed E-state index contributed by atoms with van der Waals surface area (Å²) in [7, 11) is 0. The van der Waals surface area contributed by atoms with Crippen molar-refractivity contribution in [1.82, 2.24) is 9.97 Å². The zero-order valence-electron chi connectivity index (χ0n) is 12.4. The molecule has 0 amide bonds. The molecule has 1 heterocycles. The fraction of sp³-hybridized carbons (Fsp3) is 0.375. The van der Waals surface area contributed by atoms with Crippen LogP contribution in [0.1, 0.15) is 32.0 Å². The van der Waals surface area contributed by atoms with Crippen LogP contribution in [0.2, 0.25) is 0 Å². The Labute approximate surface area is 124 Å². The number of aromatic nitrogens is 2. The van der Waals surface area contributed by atoms with Crippen molar-refractivity contribution in [2.24, 2.45) is 5.73 Å². The molecule has 0 saturated carbocycles. The summed E-state index contributed by atoms with van der Waals surface area (Å²) in [6.45, 7) is 5.48. The van der Waals surface area contributed by atoms with E-state index in [1.54, 1.807) is 18.3 Å². The fourth-order valence-corrected chi connectivity index (χ4v) is 1.96. The number of rotatable bonds is 6. The van der Waals surface area contributed by atoms with E-state index < -0.39 is 0 Å². The maximum Gasteiger partial charge on any atom is 0.131 e. The molecule has 0 spiro atoms. The molecular formula is C16H21FN4. The van der Waals surface area contributed by atoms with Gasteiger partial charge in [0, 0.05) is 18.0 Å². The zero-order valence-corrected chi connectivity index (χ0v) is 12.4. The molecule has 0 aliphatic rings. The molecule has 0 atom stereocenters. The lowest BCUT2D eigenvalue weighted by Gasteiger charge is -2.13. The lowest BCUT2D eigenvalue weighted by Crippen LogP contribution is -2.11. The second-order valence-corrected chi connectivity index (χ2v) is 5.22. The number of nitrogens with one attached hydrogen (secondary N) is 1. The molecule has 3 N–H and O–H groups in total. The monoisotopic (exact) mass is 288 g/mol. The molecule has 112 valence electrons. The maximum atomic E-state index is 13.1. The molecule has 21 heavy (non-hydrogen) atoms. The quantitative estimate of drug-likeness (QED) is 0.801. The molecule has 4 nitrogen and oxygen atoms in total. The standard InChI is InChI=1S/C16H21FN4/c1-11(2)16-20-10-14(19-9-3-8-18)15(21-16)12-4-6-13(17)7-5-12/h4-7,10-11,19H,3,8-9,18H2,1-2H3. The first-order valence-corrected chi connectivity index (χ1v) is 7.18. The van der Waals surface area contributed by atoms with Crippen LogP contribution in [-0.2, 0) is 0 Å². The summed E-state index contributed by atoms with van der Waals surface area (Å²) in [6, 6.07) is 6.35. The summed E-state index contributed by atoms with van der Waals surface area (Å²) in [5, 5.41) is 3.29. The van der Waals surface area contributed by atoms with Crippen LogP contribution < -0.4 is 11.1 Å². The van der Waals surface area contributed by atoms with Crippen molar-refractivity contribution >= 4 is 5.69 Å². The van der Waals surface area contributed by atoms with E-state index in [9.17, 15) is 4.39 Å². The highest BCUT2D eigenvalue weighted by Gasteiger charge is 2.11. The summed E-state index contributed by atoms with van der Waals surface area (Å²) in [5.74, 6) is 0.760. The van der Waals surface area contributed by atoms with Crippen LogP contribution in [0.5, 0.6) is 0 Å². The van der Waals surface area contributed by atoms with Gasteiger partial charge in [-0.3, -0.25) is 0 Å². The lowest BCUT2D eigenvalue weighted by molar-refractivity contribution is 0.628. The Hall–Kier alpha value is -2.01. The first kappa shape index (κ1) is 15.4. The first-order chi connectivity index (χ1) is 10.1. The third-order valence-corrected chi connectivity index (χ3v) is 3.14. The molecule has 2 aromatic rings. The van der Waals surface area contributed by atoms with E-state index >= 15 is 0 Å². The number of anilines is 1. The molecule has 0 unspecified atom stereocenters. The lowest BCUT2D eigenvalue weighted by atomic mass is 10.1. The molecule has 0 aliphatic carbocycles. The second kappa shape index (κ2) is 7.13. The van der Waals surface area contributed by atoms with Crippen molar-refractivity contribution in [3.63, 3.8) is 0 Å². The van der Waals surface area contributed by atoms with Crippen LogP contribution in [0.3, 0.4) is 0 Å². The Kier molecular flexibility index (Phi) is 5.22. The van der Waals surface area contributed by atoms with Gasteiger partial charge in [-0.15, -0.1) is 0 Å². The number of hydrogen-bond acceptors (Lipinski definition) is 4. The molecule has 1 aromatic carbocycles. The number of benzene rings is 1. The third-order valence-electron chi connectivity index (χ3n) is 3.14. The van der Waals surface area contributed by atoms with Gasteiger partial charge < -0.3 is 11.1 Å². The van der Waals surface area contributed by atoms with Crippen LogP contribution in [-0.4, -0.2) is 23.1 Å². The van der Waals surface area contributed by atoms with E-state index in [1.807, 2.05) is 13.8 Å². The Bertz CT molecular complexity index is 581. The van der Waals surface area contributed by atoms with Crippen LogP contribution in [0.25, 0.3) is 11.3 Å². The van der Waals surface area contributed by atoms with Gasteiger partial charge in [0.2, 0.25) is 0 Å². The average molecular weight is 288 g/mol. The Morgan fingerprint density at radius 2 is 1.95 bits per heavy atom. The zero-order chi connectivity index (χ0) is 15.2. The van der Waals surface area contributed by atoms with Crippen LogP contribution >= 0.6 is 0 Å². The van der Waals surface area contributed by atoms with E-state index in [4.69, 9.17) is 5.73 Å². The third kappa shape index (κ3) is 3.98. The van der Waals surface area contributed by atoms with Crippen LogP contribution in [0, 0.1) is 5.82 Å².